The second kappa shape index (κ2) is 5.69. The maximum Gasteiger partial charge on any atom is 0.266 e. The van der Waals surface area contributed by atoms with Crippen LogP contribution in [-0.2, 0) is 4.79 Å². The lowest BCUT2D eigenvalue weighted by Crippen LogP contribution is -2.20. The molecule has 1 N–H and O–H groups in total. The van der Waals surface area contributed by atoms with E-state index in [-0.39, 0.29) is 17.3 Å². The van der Waals surface area contributed by atoms with Gasteiger partial charge in [0.2, 0.25) is 0 Å². The molecule has 0 atom stereocenters. The highest BCUT2D eigenvalue weighted by atomic mass is 32.1. The van der Waals surface area contributed by atoms with Crippen molar-refractivity contribution in [3.63, 3.8) is 0 Å². The first kappa shape index (κ1) is 13.8. The van der Waals surface area contributed by atoms with Crippen molar-refractivity contribution >= 4 is 29.3 Å². The molecule has 108 valence electrons. The normalized spacial score (nSPS) is 16.2. The number of ether oxygens (including phenoxy) is 1. The third kappa shape index (κ3) is 3.31. The third-order valence-electron chi connectivity index (χ3n) is 3.35. The quantitative estimate of drug-likeness (QED) is 0.918. The van der Waals surface area contributed by atoms with E-state index in [0.717, 1.165) is 24.2 Å². The van der Waals surface area contributed by atoms with Gasteiger partial charge in [-0.25, -0.2) is 0 Å². The number of aromatic nitrogens is 1. The van der Waals surface area contributed by atoms with Crippen LogP contribution in [0.1, 0.15) is 18.4 Å². The molecule has 0 bridgehead atoms. The molecule has 3 rings (SSSR count). The number of ketones is 1. The molecule has 0 aliphatic heterocycles. The standard InChI is InChI=1S/C16H15NO3S/c1-20-12-6-2-10(3-7-12)8-14-16(19)17-15(21-14)9-13(18)11-4-5-11/h2-3,6-9,11H,4-5H2,1H3,(H,17,19). The van der Waals surface area contributed by atoms with Gasteiger partial charge in [-0.1, -0.05) is 12.1 Å². The Labute approximate surface area is 125 Å². The zero-order valence-corrected chi connectivity index (χ0v) is 12.4. The van der Waals surface area contributed by atoms with Gasteiger partial charge in [0.15, 0.2) is 5.78 Å². The van der Waals surface area contributed by atoms with Crippen LogP contribution in [0.4, 0.5) is 0 Å². The summed E-state index contributed by atoms with van der Waals surface area (Å²) < 4.78 is 6.31. The summed E-state index contributed by atoms with van der Waals surface area (Å²) in [6, 6.07) is 7.46. The highest BCUT2D eigenvalue weighted by Gasteiger charge is 2.27. The Hall–Kier alpha value is -2.14. The van der Waals surface area contributed by atoms with Crippen LogP contribution >= 0.6 is 11.3 Å². The Morgan fingerprint density at radius 3 is 2.67 bits per heavy atom. The van der Waals surface area contributed by atoms with Gasteiger partial charge in [0.05, 0.1) is 16.3 Å². The van der Waals surface area contributed by atoms with Gasteiger partial charge in [-0.05, 0) is 36.6 Å². The molecule has 21 heavy (non-hydrogen) atoms. The summed E-state index contributed by atoms with van der Waals surface area (Å²) in [5, 5.41) is 0. The molecule has 1 aromatic heterocycles. The fourth-order valence-corrected chi connectivity index (χ4v) is 2.89. The maximum absolute atomic E-state index is 11.9. The van der Waals surface area contributed by atoms with Crippen molar-refractivity contribution in [1.82, 2.24) is 4.98 Å². The first-order valence-electron chi connectivity index (χ1n) is 6.76. The molecule has 1 aliphatic rings. The molecule has 2 aromatic rings. The average molecular weight is 301 g/mol. The van der Waals surface area contributed by atoms with E-state index in [9.17, 15) is 9.59 Å². The van der Waals surface area contributed by atoms with E-state index in [2.05, 4.69) is 4.98 Å². The predicted octanol–water partition coefficient (Wildman–Crippen LogP) is 1.03. The van der Waals surface area contributed by atoms with Crippen molar-refractivity contribution in [3.05, 3.63) is 49.4 Å². The summed E-state index contributed by atoms with van der Waals surface area (Å²) in [7, 11) is 1.61. The number of nitrogens with one attached hydrogen (secondary N) is 1. The molecule has 1 saturated carbocycles. The fourth-order valence-electron chi connectivity index (χ4n) is 1.99. The second-order valence-electron chi connectivity index (χ2n) is 5.02. The highest BCUT2D eigenvalue weighted by molar-refractivity contribution is 7.07. The molecule has 0 saturated heterocycles. The molecular weight excluding hydrogens is 286 g/mol. The lowest BCUT2D eigenvalue weighted by molar-refractivity contribution is -0.114. The first-order valence-corrected chi connectivity index (χ1v) is 7.58. The number of Topliss-reactive ketones (excluding diaryl/α,β-unsaturated/α-hetero) is 1. The number of methoxy groups -OCH3 is 1. The van der Waals surface area contributed by atoms with Gasteiger partial charge < -0.3 is 9.72 Å². The van der Waals surface area contributed by atoms with E-state index >= 15 is 0 Å². The third-order valence-corrected chi connectivity index (χ3v) is 4.31. The van der Waals surface area contributed by atoms with Crippen molar-refractivity contribution in [2.75, 3.05) is 7.11 Å². The number of rotatable bonds is 4. The van der Waals surface area contributed by atoms with Gasteiger partial charge in [-0.2, -0.15) is 0 Å². The number of hydrogen-bond donors (Lipinski definition) is 1. The van der Waals surface area contributed by atoms with Crippen molar-refractivity contribution in [2.24, 2.45) is 5.92 Å². The average Bonchev–Trinajstić information content (AvgIpc) is 3.27. The number of carbonyl (C=O) groups is 1. The van der Waals surface area contributed by atoms with Crippen molar-refractivity contribution in [3.8, 4) is 5.75 Å². The first-order chi connectivity index (χ1) is 10.2. The number of thiazole rings is 1. The van der Waals surface area contributed by atoms with Crippen LogP contribution in [0.2, 0.25) is 0 Å². The Morgan fingerprint density at radius 1 is 1.33 bits per heavy atom. The molecular formula is C16H15NO3S. The lowest BCUT2D eigenvalue weighted by atomic mass is 10.2. The number of carbonyl (C=O) groups excluding carboxylic acids is 1. The van der Waals surface area contributed by atoms with E-state index in [4.69, 9.17) is 4.74 Å². The summed E-state index contributed by atoms with van der Waals surface area (Å²) in [5.41, 5.74) is 0.758. The minimum Gasteiger partial charge on any atom is -0.497 e. The highest BCUT2D eigenvalue weighted by Crippen LogP contribution is 2.30. The van der Waals surface area contributed by atoms with E-state index < -0.39 is 0 Å². The molecule has 1 aliphatic carbocycles. The minimum absolute atomic E-state index is 0.114. The van der Waals surface area contributed by atoms with Gasteiger partial charge in [-0.15, -0.1) is 11.3 Å². The minimum atomic E-state index is -0.161. The fraction of sp³-hybridized carbons (Fsp3) is 0.250. The van der Waals surface area contributed by atoms with Crippen molar-refractivity contribution in [1.29, 1.82) is 0 Å². The summed E-state index contributed by atoms with van der Waals surface area (Å²) in [6.07, 6.45) is 5.29. The summed E-state index contributed by atoms with van der Waals surface area (Å²) in [4.78, 5) is 26.4. The van der Waals surface area contributed by atoms with Crippen LogP contribution < -0.4 is 19.5 Å². The topological polar surface area (TPSA) is 59.2 Å². The van der Waals surface area contributed by atoms with Crippen molar-refractivity contribution < 1.29 is 9.53 Å². The van der Waals surface area contributed by atoms with Gasteiger partial charge in [0.1, 0.15) is 5.75 Å². The molecule has 4 nitrogen and oxygen atoms in total. The van der Waals surface area contributed by atoms with Gasteiger partial charge in [0.25, 0.3) is 5.56 Å². The SMILES string of the molecule is COc1ccc(C=c2sc(=CC(=O)C3CC3)[nH]c2=O)cc1. The zero-order chi connectivity index (χ0) is 14.8. The molecule has 1 fully saturated rings. The monoisotopic (exact) mass is 301 g/mol. The summed E-state index contributed by atoms with van der Waals surface area (Å²) in [5.74, 6) is 1.06. The lowest BCUT2D eigenvalue weighted by Gasteiger charge is -1.98. The molecule has 1 aromatic carbocycles. The largest absolute Gasteiger partial charge is 0.497 e. The smallest absolute Gasteiger partial charge is 0.266 e. The van der Waals surface area contributed by atoms with Crippen LogP contribution in [0.3, 0.4) is 0 Å². The van der Waals surface area contributed by atoms with E-state index in [1.807, 2.05) is 30.3 Å². The molecule has 0 radical (unpaired) electrons. The molecule has 0 spiro atoms. The summed E-state index contributed by atoms with van der Waals surface area (Å²) >= 11 is 1.31. The maximum atomic E-state index is 11.9. The van der Waals surface area contributed by atoms with Gasteiger partial charge >= 0.3 is 0 Å². The Bertz CT molecular complexity index is 826. The number of benzene rings is 1. The van der Waals surface area contributed by atoms with Gasteiger partial charge in [0, 0.05) is 12.0 Å². The number of aromatic amines is 1. The van der Waals surface area contributed by atoms with Crippen LogP contribution in [0, 0.1) is 5.92 Å². The second-order valence-corrected chi connectivity index (χ2v) is 6.11. The number of H-pyrrole nitrogens is 1. The molecule has 0 amide bonds. The van der Waals surface area contributed by atoms with Crippen LogP contribution in [0.15, 0.2) is 29.1 Å². The van der Waals surface area contributed by atoms with Crippen LogP contribution in [0.25, 0.3) is 12.2 Å². The van der Waals surface area contributed by atoms with Crippen LogP contribution in [0.5, 0.6) is 5.75 Å². The van der Waals surface area contributed by atoms with E-state index in [0.29, 0.717) is 9.20 Å². The molecule has 5 heteroatoms. The Morgan fingerprint density at radius 2 is 2.05 bits per heavy atom. The van der Waals surface area contributed by atoms with Gasteiger partial charge in [-0.3, -0.25) is 9.59 Å². The van der Waals surface area contributed by atoms with Crippen molar-refractivity contribution in [2.45, 2.75) is 12.8 Å². The Kier molecular flexibility index (Phi) is 3.75. The van der Waals surface area contributed by atoms with E-state index in [1.165, 1.54) is 11.3 Å². The van der Waals surface area contributed by atoms with Crippen LogP contribution in [-0.4, -0.2) is 17.9 Å². The Balaban J connectivity index is 1.94. The zero-order valence-electron chi connectivity index (χ0n) is 11.6. The molecule has 0 unspecified atom stereocenters. The molecule has 1 heterocycles. The summed E-state index contributed by atoms with van der Waals surface area (Å²) in [6.45, 7) is 0. The van der Waals surface area contributed by atoms with E-state index in [1.54, 1.807) is 13.2 Å². The number of hydrogen-bond acceptors (Lipinski definition) is 4. The predicted molar refractivity (Wildman–Crippen MR) is 82.9 cm³/mol.